The van der Waals surface area contributed by atoms with Crippen molar-refractivity contribution < 1.29 is 4.79 Å². The first-order valence-electron chi connectivity index (χ1n) is 7.85. The van der Waals surface area contributed by atoms with E-state index in [1.165, 1.54) is 11.1 Å². The zero-order chi connectivity index (χ0) is 16.7. The first-order valence-corrected chi connectivity index (χ1v) is 7.85. The van der Waals surface area contributed by atoms with E-state index in [2.05, 4.69) is 10.2 Å². The lowest BCUT2D eigenvalue weighted by Crippen LogP contribution is -2.41. The summed E-state index contributed by atoms with van der Waals surface area (Å²) in [6.07, 6.45) is 3.63. The number of aromatic amines is 1. The largest absolute Gasteiger partial charge is 0.369 e. The average molecular weight is 319 g/mol. The van der Waals surface area contributed by atoms with Crippen LogP contribution in [0.1, 0.15) is 34.8 Å². The molecule has 6 heteroatoms. The molecule has 0 radical (unpaired) electrons. The number of carbonyl (C=O) groups is 1. The quantitative estimate of drug-likeness (QED) is 0.511. The Labute approximate surface area is 138 Å². The van der Waals surface area contributed by atoms with Gasteiger partial charge in [0.2, 0.25) is 0 Å². The number of hydrogen-bond donors (Lipinski definition) is 3. The van der Waals surface area contributed by atoms with Gasteiger partial charge in [0.05, 0.1) is 23.1 Å². The molecule has 0 spiro atoms. The lowest BCUT2D eigenvalue weighted by molar-refractivity contribution is 0.100. The molecule has 4 N–H and O–H groups in total. The maximum atomic E-state index is 13.0. The summed E-state index contributed by atoms with van der Waals surface area (Å²) in [7, 11) is 0. The lowest BCUT2D eigenvalue weighted by Gasteiger charge is -2.21. The Morgan fingerprint density at radius 1 is 1.21 bits per heavy atom. The van der Waals surface area contributed by atoms with Gasteiger partial charge < -0.3 is 5.73 Å². The summed E-state index contributed by atoms with van der Waals surface area (Å²) in [5.74, 6) is -0.275. The maximum absolute atomic E-state index is 13.0. The summed E-state index contributed by atoms with van der Waals surface area (Å²) in [5.41, 5.74) is 7.62. The Bertz CT molecular complexity index is 941. The third-order valence-electron chi connectivity index (χ3n) is 4.32. The van der Waals surface area contributed by atoms with Crippen LogP contribution in [0.4, 0.5) is 5.69 Å². The molecular weight excluding hydrogens is 302 g/mol. The minimum absolute atomic E-state index is 0.307. The van der Waals surface area contributed by atoms with Gasteiger partial charge in [0.1, 0.15) is 0 Å². The number of hydrogen-bond acceptors (Lipinski definition) is 3. The minimum atomic E-state index is -0.326. The van der Waals surface area contributed by atoms with Crippen LogP contribution in [0.2, 0.25) is 0 Å². The van der Waals surface area contributed by atoms with Crippen molar-refractivity contribution in [1.29, 1.82) is 5.41 Å². The molecule has 1 heterocycles. The van der Waals surface area contributed by atoms with Crippen molar-refractivity contribution in [1.82, 2.24) is 10.2 Å². The molecule has 1 aliphatic rings. The molecule has 24 heavy (non-hydrogen) atoms. The Hall–Kier alpha value is -3.15. The number of H-pyrrole nitrogens is 1. The van der Waals surface area contributed by atoms with Crippen molar-refractivity contribution in [3.05, 3.63) is 59.9 Å². The Morgan fingerprint density at radius 3 is 2.67 bits per heavy atom. The molecule has 1 saturated carbocycles. The Morgan fingerprint density at radius 2 is 1.96 bits per heavy atom. The van der Waals surface area contributed by atoms with Gasteiger partial charge in [0, 0.05) is 5.92 Å². The molecule has 1 aromatic heterocycles. The van der Waals surface area contributed by atoms with Crippen molar-refractivity contribution in [2.24, 2.45) is 5.73 Å². The summed E-state index contributed by atoms with van der Waals surface area (Å²) < 4.78 is 0. The molecule has 120 valence electrons. The number of benzene rings is 2. The lowest BCUT2D eigenvalue weighted by atomic mass is 10.1. The Balaban J connectivity index is 1.76. The SMILES string of the molecule is N=C(N)N(C(=O)c1cn[nH]c1C1CC1)c1ccc2ccccc2c1. The van der Waals surface area contributed by atoms with E-state index in [1.54, 1.807) is 6.07 Å². The number of aromatic nitrogens is 2. The van der Waals surface area contributed by atoms with Gasteiger partial charge >= 0.3 is 0 Å². The van der Waals surface area contributed by atoms with Crippen LogP contribution in [0.5, 0.6) is 0 Å². The van der Waals surface area contributed by atoms with Gasteiger partial charge in [-0.25, -0.2) is 4.90 Å². The Kier molecular flexibility index (Phi) is 3.30. The van der Waals surface area contributed by atoms with Crippen LogP contribution in [-0.4, -0.2) is 22.1 Å². The fraction of sp³-hybridized carbons (Fsp3) is 0.167. The molecule has 4 rings (SSSR count). The second-order valence-corrected chi connectivity index (χ2v) is 6.03. The number of guanidine groups is 1. The number of rotatable bonds is 3. The summed E-state index contributed by atoms with van der Waals surface area (Å²) in [6, 6.07) is 13.5. The second-order valence-electron chi connectivity index (χ2n) is 6.03. The fourth-order valence-electron chi connectivity index (χ4n) is 2.95. The fourth-order valence-corrected chi connectivity index (χ4v) is 2.95. The number of nitrogens with one attached hydrogen (secondary N) is 2. The van der Waals surface area contributed by atoms with E-state index in [0.717, 1.165) is 29.3 Å². The third-order valence-corrected chi connectivity index (χ3v) is 4.32. The second kappa shape index (κ2) is 5.49. The molecule has 3 aromatic rings. The third kappa shape index (κ3) is 2.42. The molecule has 1 aliphatic carbocycles. The first kappa shape index (κ1) is 14.4. The summed E-state index contributed by atoms with van der Waals surface area (Å²) in [5, 5.41) is 16.9. The van der Waals surface area contributed by atoms with Crippen LogP contribution in [0.25, 0.3) is 10.8 Å². The zero-order valence-corrected chi connectivity index (χ0v) is 13.0. The number of nitrogens with two attached hydrogens (primary N) is 1. The van der Waals surface area contributed by atoms with Crippen molar-refractivity contribution in [2.75, 3.05) is 4.90 Å². The topological polar surface area (TPSA) is 98.9 Å². The smallest absolute Gasteiger partial charge is 0.268 e. The van der Waals surface area contributed by atoms with Crippen molar-refractivity contribution in [3.63, 3.8) is 0 Å². The van der Waals surface area contributed by atoms with Crippen LogP contribution in [0, 0.1) is 5.41 Å². The van der Waals surface area contributed by atoms with Gasteiger partial charge in [-0.3, -0.25) is 15.3 Å². The molecule has 0 atom stereocenters. The number of anilines is 1. The molecule has 2 aromatic carbocycles. The van der Waals surface area contributed by atoms with Gasteiger partial charge in [0.15, 0.2) is 5.96 Å². The van der Waals surface area contributed by atoms with Crippen LogP contribution in [-0.2, 0) is 0 Å². The van der Waals surface area contributed by atoms with E-state index in [9.17, 15) is 4.79 Å². The minimum Gasteiger partial charge on any atom is -0.369 e. The number of nitrogens with zero attached hydrogens (tertiary/aromatic N) is 2. The van der Waals surface area contributed by atoms with Crippen LogP contribution in [0.3, 0.4) is 0 Å². The molecule has 0 saturated heterocycles. The van der Waals surface area contributed by atoms with Crippen LogP contribution in [0.15, 0.2) is 48.7 Å². The highest BCUT2D eigenvalue weighted by atomic mass is 16.2. The molecule has 0 unspecified atom stereocenters. The number of fused-ring (bicyclic) bond motifs is 1. The summed E-state index contributed by atoms with van der Waals surface area (Å²) >= 11 is 0. The van der Waals surface area contributed by atoms with Gasteiger partial charge in [0.25, 0.3) is 5.91 Å². The highest BCUT2D eigenvalue weighted by molar-refractivity contribution is 6.21. The molecular formula is C18H17N5O. The highest BCUT2D eigenvalue weighted by Crippen LogP contribution is 2.40. The maximum Gasteiger partial charge on any atom is 0.268 e. The molecule has 1 amide bonds. The number of carbonyl (C=O) groups excluding carboxylic acids is 1. The van der Waals surface area contributed by atoms with Gasteiger partial charge in [-0.2, -0.15) is 5.10 Å². The van der Waals surface area contributed by atoms with Gasteiger partial charge in [-0.1, -0.05) is 30.3 Å². The van der Waals surface area contributed by atoms with E-state index in [0.29, 0.717) is 17.2 Å². The van der Waals surface area contributed by atoms with Crippen molar-refractivity contribution >= 4 is 28.3 Å². The molecule has 0 aliphatic heterocycles. The van der Waals surface area contributed by atoms with E-state index in [1.807, 2.05) is 36.4 Å². The first-order chi connectivity index (χ1) is 11.6. The van der Waals surface area contributed by atoms with E-state index in [4.69, 9.17) is 11.1 Å². The average Bonchev–Trinajstić information content (AvgIpc) is 3.31. The highest BCUT2D eigenvalue weighted by Gasteiger charge is 2.32. The number of amides is 1. The van der Waals surface area contributed by atoms with Crippen LogP contribution >= 0.6 is 0 Å². The van der Waals surface area contributed by atoms with Crippen molar-refractivity contribution in [2.45, 2.75) is 18.8 Å². The van der Waals surface area contributed by atoms with Crippen LogP contribution < -0.4 is 10.6 Å². The molecule has 0 bridgehead atoms. The van der Waals surface area contributed by atoms with Gasteiger partial charge in [-0.15, -0.1) is 0 Å². The monoisotopic (exact) mass is 319 g/mol. The van der Waals surface area contributed by atoms with E-state index < -0.39 is 0 Å². The summed E-state index contributed by atoms with van der Waals surface area (Å²) in [6.45, 7) is 0. The normalized spacial score (nSPS) is 13.8. The van der Waals surface area contributed by atoms with E-state index in [-0.39, 0.29) is 11.9 Å². The predicted molar refractivity (Wildman–Crippen MR) is 93.2 cm³/mol. The van der Waals surface area contributed by atoms with E-state index >= 15 is 0 Å². The predicted octanol–water partition coefficient (Wildman–Crippen LogP) is 2.98. The standard InChI is InChI=1S/C18H17N5O/c19-18(20)23(14-8-7-11-3-1-2-4-13(11)9-14)17(24)15-10-21-22-16(15)12-5-6-12/h1-4,7-10,12H,5-6H2,(H3,19,20)(H,21,22). The zero-order valence-electron chi connectivity index (χ0n) is 13.0. The van der Waals surface area contributed by atoms with Gasteiger partial charge in [-0.05, 0) is 35.7 Å². The van der Waals surface area contributed by atoms with Crippen molar-refractivity contribution in [3.8, 4) is 0 Å². The summed E-state index contributed by atoms with van der Waals surface area (Å²) in [4.78, 5) is 14.2. The molecule has 6 nitrogen and oxygen atoms in total. The molecule has 1 fully saturated rings.